The molecular formula is C14H16N2O2. The molecule has 0 aliphatic heterocycles. The normalized spacial score (nSPS) is 12.3. The van der Waals surface area contributed by atoms with Crippen LogP contribution in [0.15, 0.2) is 42.5 Å². The molecule has 2 rings (SSSR count). The highest BCUT2D eigenvalue weighted by Crippen LogP contribution is 2.22. The number of carboxylic acid groups (broad SMARTS) is 1. The topological polar surface area (TPSA) is 61.4 Å². The Kier molecular flexibility index (Phi) is 3.79. The maximum Gasteiger partial charge on any atom is 0.322 e. The number of carboxylic acids is 1. The fourth-order valence-corrected chi connectivity index (χ4v) is 1.90. The van der Waals surface area contributed by atoms with Gasteiger partial charge in [0.25, 0.3) is 0 Å². The minimum Gasteiger partial charge on any atom is -0.480 e. The van der Waals surface area contributed by atoms with Crippen molar-refractivity contribution in [2.24, 2.45) is 0 Å². The van der Waals surface area contributed by atoms with Crippen LogP contribution in [0.4, 0.5) is 5.69 Å². The summed E-state index contributed by atoms with van der Waals surface area (Å²) in [6.45, 7) is 0.347. The Morgan fingerprint density at radius 3 is 2.67 bits per heavy atom. The van der Waals surface area contributed by atoms with Crippen LogP contribution >= 0.6 is 0 Å². The van der Waals surface area contributed by atoms with Gasteiger partial charge < -0.3 is 15.7 Å². The Hall–Kier alpha value is -2.07. The zero-order valence-electron chi connectivity index (χ0n) is 10.2. The Bertz CT molecular complexity index is 549. The van der Waals surface area contributed by atoms with Gasteiger partial charge in [0.2, 0.25) is 0 Å². The molecule has 94 valence electrons. The highest BCUT2D eigenvalue weighted by Gasteiger charge is 2.14. The molecule has 4 nitrogen and oxygen atoms in total. The number of likely N-dealkylation sites (N-methyl/N-ethyl adjacent to an activating group) is 1. The molecule has 0 saturated heterocycles. The van der Waals surface area contributed by atoms with Crippen LogP contribution in [0.5, 0.6) is 0 Å². The van der Waals surface area contributed by atoms with Gasteiger partial charge in [-0.05, 0) is 18.5 Å². The van der Waals surface area contributed by atoms with E-state index in [1.807, 2.05) is 42.5 Å². The minimum absolute atomic E-state index is 0.347. The van der Waals surface area contributed by atoms with Gasteiger partial charge in [-0.3, -0.25) is 4.79 Å². The van der Waals surface area contributed by atoms with E-state index in [2.05, 4.69) is 10.6 Å². The maximum absolute atomic E-state index is 10.9. The van der Waals surface area contributed by atoms with Crippen molar-refractivity contribution in [3.63, 3.8) is 0 Å². The molecule has 18 heavy (non-hydrogen) atoms. The molecular weight excluding hydrogens is 228 g/mol. The van der Waals surface area contributed by atoms with Crippen molar-refractivity contribution >= 4 is 22.4 Å². The number of aliphatic carboxylic acids is 1. The first kappa shape index (κ1) is 12.4. The summed E-state index contributed by atoms with van der Waals surface area (Å²) < 4.78 is 0. The fraction of sp³-hybridized carbons (Fsp3) is 0.214. The second kappa shape index (κ2) is 5.51. The molecule has 0 aliphatic rings. The van der Waals surface area contributed by atoms with Crippen LogP contribution in [0.1, 0.15) is 0 Å². The Morgan fingerprint density at radius 1 is 1.22 bits per heavy atom. The van der Waals surface area contributed by atoms with Crippen molar-refractivity contribution in [1.82, 2.24) is 5.32 Å². The summed E-state index contributed by atoms with van der Waals surface area (Å²) >= 11 is 0. The lowest BCUT2D eigenvalue weighted by Crippen LogP contribution is -2.39. The largest absolute Gasteiger partial charge is 0.480 e. The lowest BCUT2D eigenvalue weighted by atomic mass is 10.1. The molecule has 0 radical (unpaired) electrons. The van der Waals surface area contributed by atoms with Crippen molar-refractivity contribution < 1.29 is 9.90 Å². The number of carbonyl (C=O) groups is 1. The van der Waals surface area contributed by atoms with Crippen molar-refractivity contribution in [1.29, 1.82) is 0 Å². The van der Waals surface area contributed by atoms with Gasteiger partial charge in [0.15, 0.2) is 0 Å². The fourth-order valence-electron chi connectivity index (χ4n) is 1.90. The van der Waals surface area contributed by atoms with Crippen molar-refractivity contribution in [3.8, 4) is 0 Å². The highest BCUT2D eigenvalue weighted by atomic mass is 16.4. The lowest BCUT2D eigenvalue weighted by Gasteiger charge is -2.14. The second-order valence-electron chi connectivity index (χ2n) is 4.09. The molecule has 0 amide bonds. The molecule has 2 aromatic rings. The van der Waals surface area contributed by atoms with Gasteiger partial charge in [-0.2, -0.15) is 0 Å². The molecule has 0 aliphatic carbocycles. The first-order valence-electron chi connectivity index (χ1n) is 5.84. The first-order valence-corrected chi connectivity index (χ1v) is 5.84. The van der Waals surface area contributed by atoms with Crippen molar-refractivity contribution in [2.45, 2.75) is 6.04 Å². The van der Waals surface area contributed by atoms with Crippen LogP contribution in [0.25, 0.3) is 10.8 Å². The van der Waals surface area contributed by atoms with E-state index in [-0.39, 0.29) is 0 Å². The van der Waals surface area contributed by atoms with Crippen LogP contribution < -0.4 is 10.6 Å². The van der Waals surface area contributed by atoms with Gasteiger partial charge in [-0.15, -0.1) is 0 Å². The average molecular weight is 244 g/mol. The molecule has 1 unspecified atom stereocenters. The van der Waals surface area contributed by atoms with Crippen molar-refractivity contribution in [2.75, 3.05) is 18.9 Å². The monoisotopic (exact) mass is 244 g/mol. The van der Waals surface area contributed by atoms with Gasteiger partial charge >= 0.3 is 5.97 Å². The molecule has 0 aromatic heterocycles. The number of rotatable bonds is 5. The van der Waals surface area contributed by atoms with Crippen LogP contribution in [0.2, 0.25) is 0 Å². The van der Waals surface area contributed by atoms with Crippen LogP contribution in [-0.2, 0) is 4.79 Å². The van der Waals surface area contributed by atoms with Gasteiger partial charge in [-0.25, -0.2) is 0 Å². The predicted molar refractivity (Wildman–Crippen MR) is 72.9 cm³/mol. The van der Waals surface area contributed by atoms with E-state index < -0.39 is 12.0 Å². The molecule has 4 heteroatoms. The Labute approximate surface area is 106 Å². The summed E-state index contributed by atoms with van der Waals surface area (Å²) in [5, 5.41) is 17.1. The van der Waals surface area contributed by atoms with E-state index in [0.717, 1.165) is 16.5 Å². The Morgan fingerprint density at radius 2 is 1.94 bits per heavy atom. The molecule has 3 N–H and O–H groups in total. The number of hydrogen-bond acceptors (Lipinski definition) is 3. The molecule has 1 atom stereocenters. The lowest BCUT2D eigenvalue weighted by molar-refractivity contribution is -0.138. The average Bonchev–Trinajstić information content (AvgIpc) is 2.39. The van der Waals surface area contributed by atoms with Crippen LogP contribution in [0.3, 0.4) is 0 Å². The minimum atomic E-state index is -0.856. The summed E-state index contributed by atoms with van der Waals surface area (Å²) in [5.74, 6) is -0.856. The molecule has 0 saturated carbocycles. The molecule has 2 aromatic carbocycles. The smallest absolute Gasteiger partial charge is 0.322 e. The van der Waals surface area contributed by atoms with Crippen LogP contribution in [-0.4, -0.2) is 30.7 Å². The van der Waals surface area contributed by atoms with E-state index in [1.165, 1.54) is 0 Å². The number of benzene rings is 2. The molecule has 0 fully saturated rings. The molecule has 0 bridgehead atoms. The van der Waals surface area contributed by atoms with Crippen molar-refractivity contribution in [3.05, 3.63) is 42.5 Å². The van der Waals surface area contributed by atoms with Crippen LogP contribution in [0, 0.1) is 0 Å². The quantitative estimate of drug-likeness (QED) is 0.752. The number of fused-ring (bicyclic) bond motifs is 1. The summed E-state index contributed by atoms with van der Waals surface area (Å²) in [7, 11) is 1.64. The van der Waals surface area contributed by atoms with E-state index in [4.69, 9.17) is 5.11 Å². The Balaban J connectivity index is 2.19. The summed E-state index contributed by atoms with van der Waals surface area (Å²) in [6, 6.07) is 13.4. The molecule has 0 spiro atoms. The van der Waals surface area contributed by atoms with E-state index in [0.29, 0.717) is 6.54 Å². The van der Waals surface area contributed by atoms with E-state index >= 15 is 0 Å². The van der Waals surface area contributed by atoms with E-state index in [1.54, 1.807) is 7.05 Å². The maximum atomic E-state index is 10.9. The van der Waals surface area contributed by atoms with E-state index in [9.17, 15) is 4.79 Å². The third-order valence-corrected chi connectivity index (χ3v) is 2.93. The van der Waals surface area contributed by atoms with Gasteiger partial charge in [0.1, 0.15) is 6.04 Å². The zero-order chi connectivity index (χ0) is 13.0. The second-order valence-corrected chi connectivity index (χ2v) is 4.09. The third kappa shape index (κ3) is 2.60. The molecule has 0 heterocycles. The number of nitrogens with one attached hydrogen (secondary N) is 2. The number of hydrogen-bond donors (Lipinski definition) is 3. The summed E-state index contributed by atoms with van der Waals surface area (Å²) in [5.41, 5.74) is 0.953. The summed E-state index contributed by atoms with van der Waals surface area (Å²) in [6.07, 6.45) is 0. The van der Waals surface area contributed by atoms with Gasteiger partial charge in [0, 0.05) is 17.6 Å². The van der Waals surface area contributed by atoms with Gasteiger partial charge in [0.05, 0.1) is 0 Å². The zero-order valence-corrected chi connectivity index (χ0v) is 10.2. The highest BCUT2D eigenvalue weighted by molar-refractivity contribution is 5.93. The number of anilines is 1. The first-order chi connectivity index (χ1) is 8.72. The van der Waals surface area contributed by atoms with Gasteiger partial charge in [-0.1, -0.05) is 36.4 Å². The third-order valence-electron chi connectivity index (χ3n) is 2.93. The predicted octanol–water partition coefficient (Wildman–Crippen LogP) is 1.92. The summed E-state index contributed by atoms with van der Waals surface area (Å²) in [4.78, 5) is 10.9. The SMILES string of the molecule is CNC(CNc1cccc2ccccc12)C(=O)O. The standard InChI is InChI=1S/C14H16N2O2/c1-15-13(14(17)18)9-16-12-8-4-6-10-5-2-3-7-11(10)12/h2-8,13,15-16H,9H2,1H3,(H,17,18).